The summed E-state index contributed by atoms with van der Waals surface area (Å²) in [6.07, 6.45) is 0.349. The first-order valence-electron chi connectivity index (χ1n) is 7.92. The highest BCUT2D eigenvalue weighted by atomic mass is 16.5. The van der Waals surface area contributed by atoms with E-state index in [-0.39, 0.29) is 12.2 Å². The number of nitrogens with zero attached hydrogens (tertiary/aromatic N) is 3. The second-order valence-electron chi connectivity index (χ2n) is 6.35. The Labute approximate surface area is 131 Å². The highest BCUT2D eigenvalue weighted by Gasteiger charge is 2.30. The zero-order valence-electron chi connectivity index (χ0n) is 13.5. The van der Waals surface area contributed by atoms with Gasteiger partial charge in [-0.2, -0.15) is 5.10 Å². The molecule has 5 heteroatoms. The zero-order chi connectivity index (χ0) is 15.5. The Balaban J connectivity index is 1.75. The van der Waals surface area contributed by atoms with E-state index >= 15 is 0 Å². The molecule has 2 heterocycles. The van der Waals surface area contributed by atoms with Crippen LogP contribution in [0.25, 0.3) is 0 Å². The van der Waals surface area contributed by atoms with Crippen LogP contribution in [0.4, 0.5) is 0 Å². The van der Waals surface area contributed by atoms with Crippen molar-refractivity contribution in [1.29, 1.82) is 0 Å². The number of hydrogen-bond acceptors (Lipinski definition) is 4. The monoisotopic (exact) mass is 300 g/mol. The van der Waals surface area contributed by atoms with Gasteiger partial charge in [-0.3, -0.25) is 10.00 Å². The first kappa shape index (κ1) is 15.2. The third-order valence-electron chi connectivity index (χ3n) is 4.12. The number of benzene rings is 1. The van der Waals surface area contributed by atoms with E-state index in [0.29, 0.717) is 5.92 Å². The Morgan fingerprint density at radius 2 is 2.05 bits per heavy atom. The van der Waals surface area contributed by atoms with Crippen LogP contribution >= 0.6 is 0 Å². The van der Waals surface area contributed by atoms with Gasteiger partial charge in [-0.15, -0.1) is 0 Å². The summed E-state index contributed by atoms with van der Waals surface area (Å²) in [5.74, 6) is 2.21. The number of rotatable bonds is 4. The van der Waals surface area contributed by atoms with Crippen molar-refractivity contribution in [3.63, 3.8) is 0 Å². The Hall–Kier alpha value is -1.72. The second kappa shape index (κ2) is 6.58. The van der Waals surface area contributed by atoms with Gasteiger partial charge >= 0.3 is 0 Å². The molecule has 0 amide bonds. The zero-order valence-corrected chi connectivity index (χ0v) is 13.5. The van der Waals surface area contributed by atoms with Crippen LogP contribution in [-0.4, -0.2) is 39.3 Å². The summed E-state index contributed by atoms with van der Waals surface area (Å²) < 4.78 is 6.32. The van der Waals surface area contributed by atoms with Gasteiger partial charge in [0.05, 0.1) is 18.8 Å². The molecular formula is C17H24N4O. The van der Waals surface area contributed by atoms with Crippen molar-refractivity contribution in [3.8, 4) is 0 Å². The number of morpholine rings is 1. The van der Waals surface area contributed by atoms with Gasteiger partial charge in [0.2, 0.25) is 0 Å². The molecule has 118 valence electrons. The Morgan fingerprint density at radius 1 is 1.27 bits per heavy atom. The Morgan fingerprint density at radius 3 is 2.68 bits per heavy atom. The topological polar surface area (TPSA) is 54.0 Å². The third kappa shape index (κ3) is 3.54. The lowest BCUT2D eigenvalue weighted by atomic mass is 10.0. The highest BCUT2D eigenvalue weighted by Crippen LogP contribution is 2.28. The molecule has 0 unspecified atom stereocenters. The lowest BCUT2D eigenvalue weighted by molar-refractivity contribution is -0.108. The molecule has 1 aliphatic heterocycles. The molecule has 2 aromatic rings. The molecule has 0 saturated carbocycles. The molecule has 5 nitrogen and oxygen atoms in total. The average molecular weight is 300 g/mol. The summed E-state index contributed by atoms with van der Waals surface area (Å²) in [4.78, 5) is 6.82. The summed E-state index contributed by atoms with van der Waals surface area (Å²) >= 11 is 0. The number of ether oxygens (including phenoxy) is 1. The maximum atomic E-state index is 6.32. The number of H-pyrrole nitrogens is 1. The normalized spacial score (nSPS) is 23.1. The smallest absolute Gasteiger partial charge is 0.164 e. The third-order valence-corrected chi connectivity index (χ3v) is 4.12. The van der Waals surface area contributed by atoms with E-state index in [2.05, 4.69) is 58.2 Å². The van der Waals surface area contributed by atoms with Crippen LogP contribution in [0.3, 0.4) is 0 Å². The van der Waals surface area contributed by atoms with Crippen LogP contribution < -0.4 is 0 Å². The van der Waals surface area contributed by atoms with E-state index in [4.69, 9.17) is 4.74 Å². The predicted octanol–water partition coefficient (Wildman–Crippen LogP) is 2.71. The lowest BCUT2D eigenvalue weighted by Gasteiger charge is -2.39. The van der Waals surface area contributed by atoms with Gasteiger partial charge in [0.25, 0.3) is 0 Å². The average Bonchev–Trinajstić information content (AvgIpc) is 2.93. The molecule has 0 radical (unpaired) electrons. The fourth-order valence-corrected chi connectivity index (χ4v) is 2.87. The van der Waals surface area contributed by atoms with Gasteiger partial charge in [-0.05, 0) is 18.4 Å². The van der Waals surface area contributed by atoms with Gasteiger partial charge in [0.15, 0.2) is 5.82 Å². The quantitative estimate of drug-likeness (QED) is 0.943. The van der Waals surface area contributed by atoms with Crippen LogP contribution in [-0.2, 0) is 11.3 Å². The highest BCUT2D eigenvalue weighted by molar-refractivity contribution is 5.18. The molecule has 0 spiro atoms. The van der Waals surface area contributed by atoms with Crippen molar-refractivity contribution in [2.75, 3.05) is 13.1 Å². The van der Waals surface area contributed by atoms with Crippen LogP contribution in [0.1, 0.15) is 37.2 Å². The molecule has 1 aromatic carbocycles. The summed E-state index contributed by atoms with van der Waals surface area (Å²) in [6, 6.07) is 10.5. The first-order valence-corrected chi connectivity index (χ1v) is 7.92. The fourth-order valence-electron chi connectivity index (χ4n) is 2.87. The molecule has 0 aliphatic carbocycles. The standard InChI is InChI=1S/C17H24N4O/c1-12(2)15-9-21(11-17-18-13(3)19-20-17)10-16(22-15)14-7-5-4-6-8-14/h4-8,12,15-16H,9-11H2,1-3H3,(H,18,19,20)/t15-,16+/m1/s1. The number of aromatic amines is 1. The van der Waals surface area contributed by atoms with E-state index in [0.717, 1.165) is 31.3 Å². The lowest BCUT2D eigenvalue weighted by Crippen LogP contribution is -2.45. The van der Waals surface area contributed by atoms with Crippen LogP contribution in [0.5, 0.6) is 0 Å². The maximum Gasteiger partial charge on any atom is 0.164 e. The number of nitrogens with one attached hydrogen (secondary N) is 1. The summed E-state index contributed by atoms with van der Waals surface area (Å²) in [5, 5.41) is 7.18. The van der Waals surface area contributed by atoms with E-state index in [1.54, 1.807) is 0 Å². The minimum absolute atomic E-state index is 0.113. The first-order chi connectivity index (χ1) is 10.6. The molecule has 1 saturated heterocycles. The van der Waals surface area contributed by atoms with Crippen LogP contribution in [0.2, 0.25) is 0 Å². The predicted molar refractivity (Wildman–Crippen MR) is 85.3 cm³/mol. The van der Waals surface area contributed by atoms with Gasteiger partial charge in [-0.1, -0.05) is 44.2 Å². The Kier molecular flexibility index (Phi) is 4.55. The molecule has 3 rings (SSSR count). The summed E-state index contributed by atoms with van der Waals surface area (Å²) in [5.41, 5.74) is 1.24. The molecule has 1 fully saturated rings. The van der Waals surface area contributed by atoms with E-state index in [9.17, 15) is 0 Å². The van der Waals surface area contributed by atoms with Gasteiger partial charge < -0.3 is 4.74 Å². The number of aryl methyl sites for hydroxylation is 1. The number of aromatic nitrogens is 3. The molecular weight excluding hydrogens is 276 g/mol. The van der Waals surface area contributed by atoms with Crippen molar-refractivity contribution >= 4 is 0 Å². The molecule has 1 N–H and O–H groups in total. The van der Waals surface area contributed by atoms with Gasteiger partial charge in [0, 0.05) is 13.1 Å². The van der Waals surface area contributed by atoms with Crippen molar-refractivity contribution in [3.05, 3.63) is 47.5 Å². The van der Waals surface area contributed by atoms with Crippen LogP contribution in [0, 0.1) is 12.8 Å². The number of hydrogen-bond donors (Lipinski definition) is 1. The van der Waals surface area contributed by atoms with Gasteiger partial charge in [0.1, 0.15) is 5.82 Å². The van der Waals surface area contributed by atoms with Crippen molar-refractivity contribution in [1.82, 2.24) is 20.1 Å². The molecule has 1 aromatic heterocycles. The second-order valence-corrected chi connectivity index (χ2v) is 6.35. The minimum atomic E-state index is 0.113. The van der Waals surface area contributed by atoms with Crippen molar-refractivity contribution < 1.29 is 4.74 Å². The molecule has 2 atom stereocenters. The molecule has 22 heavy (non-hydrogen) atoms. The van der Waals surface area contributed by atoms with E-state index in [1.165, 1.54) is 5.56 Å². The fraction of sp³-hybridized carbons (Fsp3) is 0.529. The summed E-state index contributed by atoms with van der Waals surface area (Å²) in [7, 11) is 0. The Bertz CT molecular complexity index is 596. The van der Waals surface area contributed by atoms with E-state index < -0.39 is 0 Å². The van der Waals surface area contributed by atoms with E-state index in [1.807, 2.05) is 13.0 Å². The molecule has 0 bridgehead atoms. The summed E-state index contributed by atoms with van der Waals surface area (Å²) in [6.45, 7) is 8.93. The van der Waals surface area contributed by atoms with Gasteiger partial charge in [-0.25, -0.2) is 4.98 Å². The maximum absolute atomic E-state index is 6.32. The largest absolute Gasteiger partial charge is 0.367 e. The van der Waals surface area contributed by atoms with Crippen molar-refractivity contribution in [2.45, 2.75) is 39.5 Å². The minimum Gasteiger partial charge on any atom is -0.367 e. The SMILES string of the molecule is Cc1nc(CN2C[C@@H](c3ccccc3)O[C@@H](C(C)C)C2)n[nH]1. The van der Waals surface area contributed by atoms with Crippen molar-refractivity contribution in [2.24, 2.45) is 5.92 Å². The molecule has 1 aliphatic rings. The van der Waals surface area contributed by atoms with Crippen LogP contribution in [0.15, 0.2) is 30.3 Å².